The van der Waals surface area contributed by atoms with Crippen LogP contribution in [0.25, 0.3) is 0 Å². The van der Waals surface area contributed by atoms with Crippen molar-refractivity contribution in [1.82, 2.24) is 15.2 Å². The molecule has 2 rings (SSSR count). The summed E-state index contributed by atoms with van der Waals surface area (Å²) in [5.41, 5.74) is 2.56. The third-order valence-electron chi connectivity index (χ3n) is 3.75. The summed E-state index contributed by atoms with van der Waals surface area (Å²) >= 11 is 1.81. The number of aromatic nitrogens is 1. The van der Waals surface area contributed by atoms with E-state index in [2.05, 4.69) is 59.7 Å². The maximum atomic E-state index is 4.76. The number of hydrogen-bond donors (Lipinski definition) is 1. The minimum Gasteiger partial charge on any atom is -0.357 e. The topological polar surface area (TPSA) is 40.5 Å². The van der Waals surface area contributed by atoms with Crippen LogP contribution in [0.2, 0.25) is 0 Å². The zero-order valence-electron chi connectivity index (χ0n) is 14.7. The minimum absolute atomic E-state index is 0. The van der Waals surface area contributed by atoms with Crippen molar-refractivity contribution in [3.63, 3.8) is 0 Å². The summed E-state index contributed by atoms with van der Waals surface area (Å²) in [7, 11) is 2.10. The molecular formula is C18H27IN4S. The quantitative estimate of drug-likeness (QED) is 0.391. The molecule has 0 radical (unpaired) electrons. The molecule has 0 aliphatic carbocycles. The van der Waals surface area contributed by atoms with E-state index in [0.29, 0.717) is 0 Å². The number of pyridine rings is 1. The Morgan fingerprint density at radius 1 is 1.33 bits per heavy atom. The van der Waals surface area contributed by atoms with E-state index in [1.165, 1.54) is 16.0 Å². The lowest BCUT2D eigenvalue weighted by Crippen LogP contribution is -2.40. The smallest absolute Gasteiger partial charge is 0.193 e. The Labute approximate surface area is 166 Å². The van der Waals surface area contributed by atoms with Gasteiger partial charge < -0.3 is 10.2 Å². The van der Waals surface area contributed by atoms with E-state index in [0.717, 1.165) is 38.4 Å². The number of halogens is 1. The van der Waals surface area contributed by atoms with Gasteiger partial charge in [0.2, 0.25) is 0 Å². The van der Waals surface area contributed by atoms with Crippen LogP contribution in [-0.4, -0.2) is 42.5 Å². The number of aliphatic imine (C=N–C) groups is 1. The minimum atomic E-state index is 0. The lowest BCUT2D eigenvalue weighted by Gasteiger charge is -2.21. The molecule has 6 heteroatoms. The van der Waals surface area contributed by atoms with Crippen molar-refractivity contribution in [3.05, 3.63) is 52.0 Å². The van der Waals surface area contributed by atoms with Crippen molar-refractivity contribution in [1.29, 1.82) is 0 Å². The predicted molar refractivity (Wildman–Crippen MR) is 115 cm³/mol. The Morgan fingerprint density at radius 3 is 2.83 bits per heavy atom. The van der Waals surface area contributed by atoms with Gasteiger partial charge in [-0.2, -0.15) is 0 Å². The molecule has 0 spiro atoms. The second-order valence-electron chi connectivity index (χ2n) is 5.54. The third-order valence-corrected chi connectivity index (χ3v) is 4.69. The van der Waals surface area contributed by atoms with E-state index in [4.69, 9.17) is 4.99 Å². The Kier molecular flexibility index (Phi) is 9.94. The fourth-order valence-corrected chi connectivity index (χ4v) is 3.07. The van der Waals surface area contributed by atoms with Gasteiger partial charge in [-0.15, -0.1) is 35.3 Å². The molecule has 0 amide bonds. The highest BCUT2D eigenvalue weighted by Crippen LogP contribution is 2.09. The first-order valence-electron chi connectivity index (χ1n) is 8.12. The zero-order chi connectivity index (χ0) is 16.5. The summed E-state index contributed by atoms with van der Waals surface area (Å²) in [6.07, 6.45) is 5.77. The molecule has 2 heterocycles. The van der Waals surface area contributed by atoms with E-state index < -0.39 is 0 Å². The van der Waals surface area contributed by atoms with Gasteiger partial charge in [0.1, 0.15) is 0 Å². The molecule has 0 aromatic carbocycles. The number of nitrogens with one attached hydrogen (secondary N) is 1. The number of likely N-dealkylation sites (N-methyl/N-ethyl adjacent to an activating group) is 1. The highest BCUT2D eigenvalue weighted by atomic mass is 127. The largest absolute Gasteiger partial charge is 0.357 e. The van der Waals surface area contributed by atoms with Crippen molar-refractivity contribution in [2.24, 2.45) is 4.99 Å². The van der Waals surface area contributed by atoms with E-state index >= 15 is 0 Å². The van der Waals surface area contributed by atoms with E-state index in [9.17, 15) is 0 Å². The maximum absolute atomic E-state index is 4.76. The number of hydrogen-bond acceptors (Lipinski definition) is 3. The fraction of sp³-hybridized carbons (Fsp3) is 0.444. The summed E-state index contributed by atoms with van der Waals surface area (Å²) in [6.45, 7) is 6.85. The average Bonchev–Trinajstić information content (AvgIpc) is 3.07. The SMILES string of the molecule is CCNC(=NCCc1ccncc1C)N(C)CCc1cccs1.I. The standard InChI is InChI=1S/C18H26N4S.HI/c1-4-20-18(22(3)12-9-17-6-5-13-23-17)21-11-8-16-7-10-19-14-15(16)2;/h5-7,10,13-14H,4,8-9,11-12H2,1-3H3,(H,20,21);1H. The molecular weight excluding hydrogens is 431 g/mol. The summed E-state index contributed by atoms with van der Waals surface area (Å²) in [5.74, 6) is 0.982. The van der Waals surface area contributed by atoms with E-state index in [1.54, 1.807) is 0 Å². The summed E-state index contributed by atoms with van der Waals surface area (Å²) in [6, 6.07) is 6.38. The van der Waals surface area contributed by atoms with Crippen LogP contribution in [0.15, 0.2) is 41.0 Å². The molecule has 24 heavy (non-hydrogen) atoms. The van der Waals surface area contributed by atoms with Crippen LogP contribution in [0, 0.1) is 6.92 Å². The lowest BCUT2D eigenvalue weighted by molar-refractivity contribution is 0.487. The van der Waals surface area contributed by atoms with Gasteiger partial charge in [-0.25, -0.2) is 0 Å². The van der Waals surface area contributed by atoms with Gasteiger partial charge in [-0.05, 0) is 55.3 Å². The Balaban J connectivity index is 0.00000288. The van der Waals surface area contributed by atoms with Crippen molar-refractivity contribution in [2.75, 3.05) is 26.7 Å². The normalized spacial score (nSPS) is 11.0. The Morgan fingerprint density at radius 2 is 2.17 bits per heavy atom. The summed E-state index contributed by atoms with van der Waals surface area (Å²) in [4.78, 5) is 12.5. The molecule has 132 valence electrons. The molecule has 0 unspecified atom stereocenters. The van der Waals surface area contributed by atoms with E-state index in [-0.39, 0.29) is 24.0 Å². The van der Waals surface area contributed by atoms with Crippen molar-refractivity contribution in [3.8, 4) is 0 Å². The molecule has 1 N–H and O–H groups in total. The molecule has 2 aromatic rings. The number of guanidine groups is 1. The van der Waals surface area contributed by atoms with Crippen LogP contribution < -0.4 is 5.32 Å². The first kappa shape index (κ1) is 20.9. The molecule has 0 atom stereocenters. The second-order valence-corrected chi connectivity index (χ2v) is 6.57. The molecule has 0 aliphatic rings. The van der Waals surface area contributed by atoms with Crippen molar-refractivity contribution >= 4 is 41.3 Å². The van der Waals surface area contributed by atoms with Gasteiger partial charge in [-0.1, -0.05) is 6.07 Å². The van der Waals surface area contributed by atoms with Crippen LogP contribution in [0.4, 0.5) is 0 Å². The Hall–Kier alpha value is -1.15. The van der Waals surface area contributed by atoms with Gasteiger partial charge in [-0.3, -0.25) is 9.98 Å². The first-order valence-corrected chi connectivity index (χ1v) is 9.00. The van der Waals surface area contributed by atoms with Gasteiger partial charge in [0.05, 0.1) is 0 Å². The Bertz CT molecular complexity index is 613. The molecule has 2 aromatic heterocycles. The summed E-state index contributed by atoms with van der Waals surface area (Å²) < 4.78 is 0. The van der Waals surface area contributed by atoms with Crippen LogP contribution in [0.5, 0.6) is 0 Å². The van der Waals surface area contributed by atoms with Crippen LogP contribution >= 0.6 is 35.3 Å². The highest BCUT2D eigenvalue weighted by Gasteiger charge is 2.06. The molecule has 4 nitrogen and oxygen atoms in total. The second kappa shape index (κ2) is 11.4. The first-order chi connectivity index (χ1) is 11.2. The third kappa shape index (κ3) is 6.76. The molecule has 0 fully saturated rings. The molecule has 0 saturated carbocycles. The van der Waals surface area contributed by atoms with E-state index in [1.807, 2.05) is 23.7 Å². The van der Waals surface area contributed by atoms with Crippen molar-refractivity contribution in [2.45, 2.75) is 26.7 Å². The number of nitrogens with zero attached hydrogens (tertiary/aromatic N) is 3. The molecule has 0 saturated heterocycles. The number of rotatable bonds is 7. The molecule has 0 bridgehead atoms. The molecule has 0 aliphatic heterocycles. The van der Waals surface area contributed by atoms with Crippen LogP contribution in [-0.2, 0) is 12.8 Å². The van der Waals surface area contributed by atoms with Crippen LogP contribution in [0.1, 0.15) is 22.9 Å². The average molecular weight is 458 g/mol. The number of thiophene rings is 1. The lowest BCUT2D eigenvalue weighted by atomic mass is 10.1. The summed E-state index contributed by atoms with van der Waals surface area (Å²) in [5, 5.41) is 5.51. The number of aryl methyl sites for hydroxylation is 1. The highest BCUT2D eigenvalue weighted by molar-refractivity contribution is 14.0. The maximum Gasteiger partial charge on any atom is 0.193 e. The van der Waals surface area contributed by atoms with Gasteiger partial charge in [0, 0.05) is 44.0 Å². The van der Waals surface area contributed by atoms with Gasteiger partial charge >= 0.3 is 0 Å². The zero-order valence-corrected chi connectivity index (χ0v) is 17.8. The van der Waals surface area contributed by atoms with Crippen LogP contribution in [0.3, 0.4) is 0 Å². The monoisotopic (exact) mass is 458 g/mol. The van der Waals surface area contributed by atoms with Gasteiger partial charge in [0.15, 0.2) is 5.96 Å². The fourth-order valence-electron chi connectivity index (χ4n) is 2.37. The van der Waals surface area contributed by atoms with Gasteiger partial charge in [0.25, 0.3) is 0 Å². The predicted octanol–water partition coefficient (Wildman–Crippen LogP) is 3.75. The van der Waals surface area contributed by atoms with Crippen molar-refractivity contribution < 1.29 is 0 Å².